The molecule has 1 fully saturated rings. The molecule has 8 heteroatoms. The van der Waals surface area contributed by atoms with Crippen molar-refractivity contribution in [3.05, 3.63) is 116 Å². The number of benzene rings is 3. The second-order valence-electron chi connectivity index (χ2n) is 8.49. The molecule has 1 aliphatic rings. The van der Waals surface area contributed by atoms with E-state index in [0.29, 0.717) is 27.2 Å². The zero-order valence-electron chi connectivity index (χ0n) is 19.3. The fourth-order valence-electron chi connectivity index (χ4n) is 3.92. The highest BCUT2D eigenvalue weighted by molar-refractivity contribution is 8.18. The number of nitrogens with zero attached hydrogens (tertiary/aromatic N) is 3. The molecule has 0 N–H and O–H groups in total. The van der Waals surface area contributed by atoms with E-state index in [1.165, 1.54) is 4.90 Å². The third kappa shape index (κ3) is 5.26. The third-order valence-corrected chi connectivity index (χ3v) is 7.30. The lowest BCUT2D eigenvalue weighted by Gasteiger charge is -2.12. The topological polar surface area (TPSA) is 55.2 Å². The van der Waals surface area contributed by atoms with E-state index in [2.05, 4.69) is 0 Å². The number of thioether (sulfide) groups is 1. The van der Waals surface area contributed by atoms with Gasteiger partial charge in [-0.2, -0.15) is 5.10 Å². The highest BCUT2D eigenvalue weighted by Crippen LogP contribution is 2.35. The fourth-order valence-corrected chi connectivity index (χ4v) is 5.22. The van der Waals surface area contributed by atoms with E-state index in [0.717, 1.165) is 39.6 Å². The summed E-state index contributed by atoms with van der Waals surface area (Å²) in [5, 5.41) is 5.62. The highest BCUT2D eigenvalue weighted by atomic mass is 35.5. The maximum atomic E-state index is 13.2. The van der Waals surface area contributed by atoms with Crippen molar-refractivity contribution in [2.75, 3.05) is 0 Å². The second-order valence-corrected chi connectivity index (χ2v) is 10.3. The van der Waals surface area contributed by atoms with Gasteiger partial charge in [0.2, 0.25) is 0 Å². The van der Waals surface area contributed by atoms with Gasteiger partial charge in [-0.25, -0.2) is 0 Å². The average Bonchev–Trinajstić information content (AvgIpc) is 3.38. The first kappa shape index (κ1) is 24.4. The SMILES string of the molecule is Cc1ccc(CN2C(=O)S/C(=C\c3cn(Cc4ccc(Cl)cc4Cl)nc3-c3ccccc3)C2=O)cc1. The molecule has 180 valence electrons. The van der Waals surface area contributed by atoms with E-state index in [1.54, 1.807) is 22.9 Å². The van der Waals surface area contributed by atoms with Crippen LogP contribution in [0.15, 0.2) is 83.9 Å². The first-order chi connectivity index (χ1) is 17.4. The van der Waals surface area contributed by atoms with Gasteiger partial charge in [0.15, 0.2) is 0 Å². The van der Waals surface area contributed by atoms with Gasteiger partial charge in [-0.05, 0) is 48.0 Å². The summed E-state index contributed by atoms with van der Waals surface area (Å²) in [5.41, 5.74) is 5.26. The largest absolute Gasteiger partial charge is 0.293 e. The van der Waals surface area contributed by atoms with Crippen LogP contribution in [-0.4, -0.2) is 25.8 Å². The number of amides is 2. The molecular formula is C28H21Cl2N3O2S. The van der Waals surface area contributed by atoms with Crippen LogP contribution in [0.1, 0.15) is 22.3 Å². The molecule has 2 heterocycles. The van der Waals surface area contributed by atoms with Gasteiger partial charge in [-0.15, -0.1) is 0 Å². The molecule has 2 amide bonds. The summed E-state index contributed by atoms with van der Waals surface area (Å²) in [6, 6.07) is 22.9. The lowest BCUT2D eigenvalue weighted by Crippen LogP contribution is -2.27. The van der Waals surface area contributed by atoms with Crippen LogP contribution in [0, 0.1) is 6.92 Å². The Morgan fingerprint density at radius 1 is 0.944 bits per heavy atom. The Bertz CT molecular complexity index is 1480. The van der Waals surface area contributed by atoms with Crippen LogP contribution in [0.5, 0.6) is 0 Å². The first-order valence-electron chi connectivity index (χ1n) is 11.2. The molecule has 0 bridgehead atoms. The number of halogens is 2. The van der Waals surface area contributed by atoms with Crippen LogP contribution in [0.4, 0.5) is 4.79 Å². The molecule has 1 saturated heterocycles. The van der Waals surface area contributed by atoms with Gasteiger partial charge < -0.3 is 0 Å². The number of hydrogen-bond acceptors (Lipinski definition) is 4. The Labute approximate surface area is 223 Å². The molecule has 3 aromatic carbocycles. The van der Waals surface area contributed by atoms with Gasteiger partial charge >= 0.3 is 0 Å². The number of carbonyl (C=O) groups is 2. The molecule has 1 aliphatic heterocycles. The quantitative estimate of drug-likeness (QED) is 0.241. The Morgan fingerprint density at radius 3 is 2.42 bits per heavy atom. The minimum absolute atomic E-state index is 0.238. The summed E-state index contributed by atoms with van der Waals surface area (Å²) >= 11 is 13.4. The van der Waals surface area contributed by atoms with Crippen LogP contribution >= 0.6 is 35.0 Å². The Kier molecular flexibility index (Phi) is 7.01. The van der Waals surface area contributed by atoms with Crippen molar-refractivity contribution in [2.45, 2.75) is 20.0 Å². The zero-order chi connectivity index (χ0) is 25.2. The lowest BCUT2D eigenvalue weighted by molar-refractivity contribution is -0.123. The second kappa shape index (κ2) is 10.3. The number of carbonyl (C=O) groups excluding carboxylic acids is 2. The molecule has 0 aliphatic carbocycles. The number of imide groups is 1. The van der Waals surface area contributed by atoms with Crippen molar-refractivity contribution in [3.8, 4) is 11.3 Å². The Hall–Kier alpha value is -3.32. The highest BCUT2D eigenvalue weighted by Gasteiger charge is 2.35. The molecule has 5 nitrogen and oxygen atoms in total. The van der Waals surface area contributed by atoms with Crippen LogP contribution in [-0.2, 0) is 17.9 Å². The summed E-state index contributed by atoms with van der Waals surface area (Å²) in [6.45, 7) is 2.67. The minimum atomic E-state index is -0.307. The third-order valence-electron chi connectivity index (χ3n) is 5.81. The number of hydrogen-bond donors (Lipinski definition) is 0. The molecule has 0 spiro atoms. The molecule has 1 aromatic heterocycles. The Balaban J connectivity index is 1.47. The predicted molar refractivity (Wildman–Crippen MR) is 146 cm³/mol. The maximum Gasteiger partial charge on any atom is 0.293 e. The fraction of sp³-hybridized carbons (Fsp3) is 0.107. The molecule has 5 rings (SSSR count). The minimum Gasteiger partial charge on any atom is -0.268 e. The number of aromatic nitrogens is 2. The predicted octanol–water partition coefficient (Wildman–Crippen LogP) is 7.45. The normalized spacial score (nSPS) is 14.8. The molecule has 0 atom stereocenters. The van der Waals surface area contributed by atoms with Crippen LogP contribution in [0.2, 0.25) is 10.0 Å². The zero-order valence-corrected chi connectivity index (χ0v) is 21.6. The van der Waals surface area contributed by atoms with Crippen molar-refractivity contribution in [3.63, 3.8) is 0 Å². The summed E-state index contributed by atoms with van der Waals surface area (Å²) < 4.78 is 1.78. The van der Waals surface area contributed by atoms with Gasteiger partial charge in [0.25, 0.3) is 11.1 Å². The van der Waals surface area contributed by atoms with E-state index in [-0.39, 0.29) is 17.7 Å². The van der Waals surface area contributed by atoms with Crippen LogP contribution < -0.4 is 0 Å². The van der Waals surface area contributed by atoms with Crippen molar-refractivity contribution in [1.82, 2.24) is 14.7 Å². The molecule has 0 unspecified atom stereocenters. The van der Waals surface area contributed by atoms with Gasteiger partial charge in [0.1, 0.15) is 0 Å². The van der Waals surface area contributed by atoms with Gasteiger partial charge in [-0.3, -0.25) is 19.2 Å². The number of rotatable bonds is 6. The van der Waals surface area contributed by atoms with E-state index in [1.807, 2.05) is 73.8 Å². The molecular weight excluding hydrogens is 513 g/mol. The Morgan fingerprint density at radius 2 is 1.69 bits per heavy atom. The van der Waals surface area contributed by atoms with E-state index in [4.69, 9.17) is 28.3 Å². The lowest BCUT2D eigenvalue weighted by atomic mass is 10.1. The van der Waals surface area contributed by atoms with E-state index < -0.39 is 0 Å². The molecule has 0 radical (unpaired) electrons. The van der Waals surface area contributed by atoms with Gasteiger partial charge in [0, 0.05) is 27.4 Å². The van der Waals surface area contributed by atoms with E-state index >= 15 is 0 Å². The first-order valence-corrected chi connectivity index (χ1v) is 12.8. The van der Waals surface area contributed by atoms with Crippen LogP contribution in [0.3, 0.4) is 0 Å². The van der Waals surface area contributed by atoms with Crippen molar-refractivity contribution in [2.24, 2.45) is 0 Å². The molecule has 36 heavy (non-hydrogen) atoms. The monoisotopic (exact) mass is 533 g/mol. The van der Waals surface area contributed by atoms with Crippen molar-refractivity contribution in [1.29, 1.82) is 0 Å². The molecule has 0 saturated carbocycles. The number of aryl methyl sites for hydroxylation is 1. The average molecular weight is 534 g/mol. The van der Waals surface area contributed by atoms with Gasteiger partial charge in [-0.1, -0.05) is 89.4 Å². The van der Waals surface area contributed by atoms with Crippen molar-refractivity contribution >= 4 is 52.2 Å². The maximum absolute atomic E-state index is 13.2. The van der Waals surface area contributed by atoms with Crippen LogP contribution in [0.25, 0.3) is 17.3 Å². The smallest absolute Gasteiger partial charge is 0.268 e. The molecule has 4 aromatic rings. The summed E-state index contributed by atoms with van der Waals surface area (Å²) in [4.78, 5) is 27.5. The summed E-state index contributed by atoms with van der Waals surface area (Å²) in [7, 11) is 0. The summed E-state index contributed by atoms with van der Waals surface area (Å²) in [6.07, 6.45) is 3.61. The summed E-state index contributed by atoms with van der Waals surface area (Å²) in [5.74, 6) is -0.307. The standard InChI is InChI=1S/C28H21Cl2N3O2S/c1-18-7-9-19(10-8-18)15-33-27(34)25(36-28(33)35)13-22-17-32(16-21-11-12-23(29)14-24(21)30)31-26(22)20-5-3-2-4-6-20/h2-14,17H,15-16H2,1H3/b25-13-. The van der Waals surface area contributed by atoms with Gasteiger partial charge in [0.05, 0.1) is 23.7 Å². The van der Waals surface area contributed by atoms with E-state index in [9.17, 15) is 9.59 Å². The van der Waals surface area contributed by atoms with Crippen molar-refractivity contribution < 1.29 is 9.59 Å².